The second-order valence-corrected chi connectivity index (χ2v) is 7.92. The molecule has 0 radical (unpaired) electrons. The molecule has 2 atom stereocenters. The molecule has 0 aromatic carbocycles. The Morgan fingerprint density at radius 2 is 1.19 bits per heavy atom. The van der Waals surface area contributed by atoms with E-state index < -0.39 is 0 Å². The van der Waals surface area contributed by atoms with Crippen molar-refractivity contribution in [2.75, 3.05) is 13.2 Å². The third-order valence-corrected chi connectivity index (χ3v) is 5.14. The molecule has 6 heteroatoms. The molecule has 2 unspecified atom stereocenters. The Hall–Kier alpha value is 0.400. The molecule has 4 nitrogen and oxygen atoms in total. The third kappa shape index (κ3) is 11.6. The van der Waals surface area contributed by atoms with E-state index in [-0.39, 0.29) is 19.8 Å². The second-order valence-electron chi connectivity index (χ2n) is 4.91. The molecule has 0 aromatic rings. The van der Waals surface area contributed by atoms with Crippen LogP contribution in [0.4, 0.5) is 0 Å². The molecule has 124 valence electrons. The fourth-order valence-electron chi connectivity index (χ4n) is 1.65. The summed E-state index contributed by atoms with van der Waals surface area (Å²) in [6, 6.07) is 0. The van der Waals surface area contributed by atoms with Crippen LogP contribution in [0.1, 0.15) is 58.8 Å². The summed E-state index contributed by atoms with van der Waals surface area (Å²) < 4.78 is 10.3. The summed E-state index contributed by atoms with van der Waals surface area (Å²) in [6.07, 6.45) is 6.26. The normalized spacial score (nSPS) is 13.5. The molecule has 0 saturated heterocycles. The number of carbonyl (C=O) groups is 2. The Labute approximate surface area is 155 Å². The van der Waals surface area contributed by atoms with Gasteiger partial charge in [-0.05, 0) is 32.1 Å². The average molecular weight is 524 g/mol. The van der Waals surface area contributed by atoms with Crippen LogP contribution < -0.4 is 0 Å². The minimum Gasteiger partial charge on any atom is -0.465 e. The minimum atomic E-state index is -0.115. The van der Waals surface area contributed by atoms with Gasteiger partial charge in [-0.25, -0.2) is 0 Å². The lowest BCUT2D eigenvalue weighted by molar-refractivity contribution is -0.143. The molecule has 0 bridgehead atoms. The molecule has 0 aromatic heterocycles. The van der Waals surface area contributed by atoms with E-state index in [1.54, 1.807) is 0 Å². The smallest absolute Gasteiger partial charge is 0.318 e. The lowest BCUT2D eigenvalue weighted by Gasteiger charge is -2.10. The predicted octanol–water partition coefficient (Wildman–Crippen LogP) is 4.45. The Morgan fingerprint density at radius 3 is 1.52 bits per heavy atom. The topological polar surface area (TPSA) is 52.6 Å². The van der Waals surface area contributed by atoms with Crippen molar-refractivity contribution in [2.24, 2.45) is 0 Å². The van der Waals surface area contributed by atoms with Gasteiger partial charge in [0.2, 0.25) is 0 Å². The highest BCUT2D eigenvalue weighted by atomic mass is 127. The van der Waals surface area contributed by atoms with Gasteiger partial charge in [0.25, 0.3) is 0 Å². The van der Waals surface area contributed by atoms with Crippen LogP contribution >= 0.6 is 45.2 Å². The van der Waals surface area contributed by atoms with Gasteiger partial charge in [0, 0.05) is 0 Å². The molecule has 0 N–H and O–H groups in total. The molecule has 0 aliphatic rings. The Kier molecular flexibility index (Phi) is 14.3. The molecular weight excluding hydrogens is 498 g/mol. The van der Waals surface area contributed by atoms with Crippen molar-refractivity contribution in [3.05, 3.63) is 0 Å². The van der Waals surface area contributed by atoms with Crippen LogP contribution in [0.5, 0.6) is 0 Å². The van der Waals surface area contributed by atoms with Crippen molar-refractivity contribution in [1.29, 1.82) is 0 Å². The molecule has 0 spiro atoms. The highest BCUT2D eigenvalue weighted by Crippen LogP contribution is 2.12. The summed E-state index contributed by atoms with van der Waals surface area (Å²) >= 11 is 4.26. The van der Waals surface area contributed by atoms with E-state index in [0.29, 0.717) is 13.2 Å². The van der Waals surface area contributed by atoms with E-state index in [1.807, 2.05) is 0 Å². The third-order valence-electron chi connectivity index (χ3n) is 2.87. The van der Waals surface area contributed by atoms with Crippen LogP contribution in [-0.2, 0) is 19.1 Å². The molecule has 21 heavy (non-hydrogen) atoms. The van der Waals surface area contributed by atoms with E-state index in [0.717, 1.165) is 44.9 Å². The van der Waals surface area contributed by atoms with Gasteiger partial charge >= 0.3 is 11.9 Å². The summed E-state index contributed by atoms with van der Waals surface area (Å²) in [5, 5.41) is 0. The van der Waals surface area contributed by atoms with Crippen LogP contribution in [0.3, 0.4) is 0 Å². The lowest BCUT2D eigenvalue weighted by Crippen LogP contribution is -2.18. The van der Waals surface area contributed by atoms with E-state index in [9.17, 15) is 9.59 Å². The lowest BCUT2D eigenvalue weighted by atomic mass is 10.2. The predicted molar refractivity (Wildman–Crippen MR) is 101 cm³/mol. The second kappa shape index (κ2) is 14.0. The van der Waals surface area contributed by atoms with Gasteiger partial charge in [-0.15, -0.1) is 0 Å². The highest BCUT2D eigenvalue weighted by molar-refractivity contribution is 14.1. The molecule has 0 heterocycles. The van der Waals surface area contributed by atoms with Gasteiger partial charge < -0.3 is 9.47 Å². The number of esters is 2. The molecule has 0 saturated carbocycles. The van der Waals surface area contributed by atoms with Gasteiger partial charge in [-0.3, -0.25) is 9.59 Å². The van der Waals surface area contributed by atoms with Crippen LogP contribution in [0.2, 0.25) is 0 Å². The molecule has 0 aliphatic carbocycles. The van der Waals surface area contributed by atoms with Gasteiger partial charge in [0.05, 0.1) is 13.2 Å². The summed E-state index contributed by atoms with van der Waals surface area (Å²) in [6.45, 7) is 5.03. The first-order valence-electron chi connectivity index (χ1n) is 7.64. The first-order valence-corrected chi connectivity index (χ1v) is 10.1. The van der Waals surface area contributed by atoms with E-state index >= 15 is 0 Å². The van der Waals surface area contributed by atoms with Crippen LogP contribution in [-0.4, -0.2) is 33.0 Å². The maximum Gasteiger partial charge on any atom is 0.318 e. The van der Waals surface area contributed by atoms with E-state index in [1.165, 1.54) is 0 Å². The van der Waals surface area contributed by atoms with Crippen molar-refractivity contribution < 1.29 is 19.1 Å². The minimum absolute atomic E-state index is 0.0345. The molecular formula is C15H26I2O4. The van der Waals surface area contributed by atoms with E-state index in [4.69, 9.17) is 9.47 Å². The van der Waals surface area contributed by atoms with Crippen LogP contribution in [0.25, 0.3) is 0 Å². The number of rotatable bonds is 12. The highest BCUT2D eigenvalue weighted by Gasteiger charge is 2.15. The molecule has 0 amide bonds. The molecule has 0 rings (SSSR count). The number of ether oxygens (including phenoxy) is 2. The summed E-state index contributed by atoms with van der Waals surface area (Å²) in [7, 11) is 0. The number of halogens is 2. The van der Waals surface area contributed by atoms with Crippen LogP contribution in [0.15, 0.2) is 0 Å². The zero-order chi connectivity index (χ0) is 16.1. The summed E-state index contributed by atoms with van der Waals surface area (Å²) in [4.78, 5) is 23.1. The molecule has 0 aliphatic heterocycles. The fraction of sp³-hybridized carbons (Fsp3) is 0.867. The van der Waals surface area contributed by atoms with Crippen molar-refractivity contribution in [2.45, 2.75) is 66.6 Å². The number of hydrogen-bond acceptors (Lipinski definition) is 4. The number of carbonyl (C=O) groups excluding carboxylic acids is 2. The van der Waals surface area contributed by atoms with Crippen molar-refractivity contribution in [1.82, 2.24) is 0 Å². The van der Waals surface area contributed by atoms with Gasteiger partial charge in [0.15, 0.2) is 0 Å². The average Bonchev–Trinajstić information content (AvgIpc) is 2.46. The number of hydrogen-bond donors (Lipinski definition) is 0. The monoisotopic (exact) mass is 524 g/mol. The molecule has 0 fully saturated rings. The maximum atomic E-state index is 11.5. The fourth-order valence-corrected chi connectivity index (χ4v) is 3.26. The van der Waals surface area contributed by atoms with Crippen LogP contribution in [0, 0.1) is 0 Å². The summed E-state index contributed by atoms with van der Waals surface area (Å²) in [5.74, 6) is -0.229. The number of alkyl halides is 2. The Bertz CT molecular complexity index is 269. The zero-order valence-electron chi connectivity index (χ0n) is 12.9. The Morgan fingerprint density at radius 1 is 0.810 bits per heavy atom. The van der Waals surface area contributed by atoms with Gasteiger partial charge in [0.1, 0.15) is 7.85 Å². The first kappa shape index (κ1) is 21.4. The maximum absolute atomic E-state index is 11.5. The van der Waals surface area contributed by atoms with Crippen molar-refractivity contribution in [3.63, 3.8) is 0 Å². The SMILES string of the molecule is CCCC(I)C(=O)OCCCCCOC(=O)C(I)CCC. The zero-order valence-corrected chi connectivity index (χ0v) is 17.2. The van der Waals surface area contributed by atoms with Gasteiger partial charge in [-0.1, -0.05) is 71.9 Å². The van der Waals surface area contributed by atoms with Crippen molar-refractivity contribution >= 4 is 57.1 Å². The Balaban J connectivity index is 3.48. The standard InChI is InChI=1S/C15H26I2O4/c1-3-8-12(16)14(18)20-10-6-5-7-11-21-15(19)13(17)9-4-2/h12-13H,3-11H2,1-2H3. The van der Waals surface area contributed by atoms with E-state index in [2.05, 4.69) is 59.0 Å². The summed E-state index contributed by atoms with van der Waals surface area (Å²) in [5.41, 5.74) is 0. The largest absolute Gasteiger partial charge is 0.465 e. The first-order chi connectivity index (χ1) is 10.0. The van der Waals surface area contributed by atoms with Gasteiger partial charge in [-0.2, -0.15) is 0 Å². The van der Waals surface area contributed by atoms with Crippen molar-refractivity contribution in [3.8, 4) is 0 Å². The quantitative estimate of drug-likeness (QED) is 0.164. The number of unbranched alkanes of at least 4 members (excludes halogenated alkanes) is 2.